The lowest BCUT2D eigenvalue weighted by Gasteiger charge is -2.09. The normalized spacial score (nSPS) is 10.3. The Labute approximate surface area is 123 Å². The first-order valence-corrected chi connectivity index (χ1v) is 6.11. The third-order valence-corrected chi connectivity index (χ3v) is 3.20. The monoisotopic (exact) mass is 310 g/mol. The average Bonchev–Trinajstić information content (AvgIpc) is 2.37. The Bertz CT molecular complexity index is 716. The molecular weight excluding hydrogens is 305 g/mol. The molecule has 0 bridgehead atoms. The lowest BCUT2D eigenvalue weighted by atomic mass is 10.0. The number of nitro benzene ring substituents is 1. The summed E-state index contributed by atoms with van der Waals surface area (Å²) >= 11 is 11.8. The Morgan fingerprint density at radius 2 is 1.80 bits per heavy atom. The minimum atomic E-state index is -1.62. The quantitative estimate of drug-likeness (QED) is 0.644. The number of benzene rings is 2. The van der Waals surface area contributed by atoms with Crippen LogP contribution in [0, 0.1) is 10.1 Å². The second kappa shape index (κ2) is 5.48. The van der Waals surface area contributed by atoms with E-state index in [2.05, 4.69) is 0 Å². The van der Waals surface area contributed by atoms with Gasteiger partial charge in [0.1, 0.15) is 0 Å². The molecule has 102 valence electrons. The molecule has 0 saturated heterocycles. The lowest BCUT2D eigenvalue weighted by molar-refractivity contribution is -0.385. The molecule has 2 aromatic rings. The third-order valence-electron chi connectivity index (χ3n) is 2.66. The second-order valence-corrected chi connectivity index (χ2v) is 4.74. The van der Waals surface area contributed by atoms with Crippen LogP contribution in [0.2, 0.25) is 10.0 Å². The van der Waals surface area contributed by atoms with Crippen LogP contribution < -0.4 is 5.11 Å². The van der Waals surface area contributed by atoms with Crippen LogP contribution in [0.4, 0.5) is 5.69 Å². The maximum absolute atomic E-state index is 11.0. The molecule has 0 atom stereocenters. The highest BCUT2D eigenvalue weighted by Gasteiger charge is 2.16. The minimum absolute atomic E-state index is 0.315. The fourth-order valence-electron chi connectivity index (χ4n) is 1.75. The Balaban J connectivity index is 2.62. The van der Waals surface area contributed by atoms with Gasteiger partial charge in [0.15, 0.2) is 0 Å². The van der Waals surface area contributed by atoms with Gasteiger partial charge in [-0.1, -0.05) is 29.3 Å². The third kappa shape index (κ3) is 2.74. The smallest absolute Gasteiger partial charge is 0.278 e. The SMILES string of the molecule is O=C([O-])c1cc(-c2ccc(Cl)cc2Cl)ccc1[N+](=O)[O-]. The van der Waals surface area contributed by atoms with Crippen molar-refractivity contribution in [2.45, 2.75) is 0 Å². The van der Waals surface area contributed by atoms with Crippen LogP contribution in [0.5, 0.6) is 0 Å². The van der Waals surface area contributed by atoms with Gasteiger partial charge in [-0.15, -0.1) is 0 Å². The standard InChI is InChI=1S/C13H7Cl2NO4/c14-8-2-3-9(11(15)6-8)7-1-4-12(16(19)20)10(5-7)13(17)18/h1-6H,(H,17,18)/p-1. The summed E-state index contributed by atoms with van der Waals surface area (Å²) in [6.45, 7) is 0. The molecule has 0 aliphatic heterocycles. The fraction of sp³-hybridized carbons (Fsp3) is 0. The van der Waals surface area contributed by atoms with Crippen molar-refractivity contribution in [2.75, 3.05) is 0 Å². The molecule has 5 nitrogen and oxygen atoms in total. The van der Waals surface area contributed by atoms with Gasteiger partial charge in [-0.05, 0) is 29.8 Å². The van der Waals surface area contributed by atoms with Crippen molar-refractivity contribution < 1.29 is 14.8 Å². The largest absolute Gasteiger partial charge is 0.545 e. The molecular formula is C13H6Cl2NO4-. The van der Waals surface area contributed by atoms with E-state index in [1.165, 1.54) is 12.1 Å². The summed E-state index contributed by atoms with van der Waals surface area (Å²) in [5, 5.41) is 22.5. The molecule has 0 aromatic heterocycles. The van der Waals surface area contributed by atoms with Crippen LogP contribution in [0.1, 0.15) is 10.4 Å². The number of carbonyl (C=O) groups is 1. The zero-order chi connectivity index (χ0) is 14.9. The van der Waals surface area contributed by atoms with Crippen LogP contribution >= 0.6 is 23.2 Å². The van der Waals surface area contributed by atoms with Crippen molar-refractivity contribution in [1.82, 2.24) is 0 Å². The first-order valence-electron chi connectivity index (χ1n) is 5.35. The molecule has 0 aliphatic carbocycles. The van der Waals surface area contributed by atoms with Crippen LogP contribution in [-0.2, 0) is 0 Å². The van der Waals surface area contributed by atoms with Gasteiger partial charge in [0.2, 0.25) is 0 Å². The number of carboxylic acid groups (broad SMARTS) is 1. The molecule has 2 aromatic carbocycles. The van der Waals surface area contributed by atoms with Gasteiger partial charge in [0, 0.05) is 21.7 Å². The van der Waals surface area contributed by atoms with Crippen molar-refractivity contribution >= 4 is 34.9 Å². The molecule has 7 heteroatoms. The van der Waals surface area contributed by atoms with Crippen molar-refractivity contribution in [3.8, 4) is 11.1 Å². The summed E-state index contributed by atoms with van der Waals surface area (Å²) < 4.78 is 0. The van der Waals surface area contributed by atoms with Gasteiger partial charge >= 0.3 is 0 Å². The van der Waals surface area contributed by atoms with E-state index in [1.807, 2.05) is 0 Å². The number of carbonyl (C=O) groups excluding carboxylic acids is 1. The van der Waals surface area contributed by atoms with Crippen LogP contribution in [0.25, 0.3) is 11.1 Å². The number of halogens is 2. The summed E-state index contributed by atoms with van der Waals surface area (Å²) in [5.74, 6) is -1.62. The van der Waals surface area contributed by atoms with E-state index in [-0.39, 0.29) is 0 Å². The highest BCUT2D eigenvalue weighted by molar-refractivity contribution is 6.36. The molecule has 0 spiro atoms. The molecule has 0 unspecified atom stereocenters. The van der Waals surface area contributed by atoms with Crippen LogP contribution in [0.3, 0.4) is 0 Å². The molecule has 20 heavy (non-hydrogen) atoms. The van der Waals surface area contributed by atoms with Crippen molar-refractivity contribution in [2.24, 2.45) is 0 Å². The summed E-state index contributed by atoms with van der Waals surface area (Å²) in [6.07, 6.45) is 0. The first-order chi connectivity index (χ1) is 9.40. The maximum atomic E-state index is 11.0. The maximum Gasteiger partial charge on any atom is 0.278 e. The highest BCUT2D eigenvalue weighted by Crippen LogP contribution is 2.32. The average molecular weight is 311 g/mol. The van der Waals surface area contributed by atoms with Gasteiger partial charge in [0.25, 0.3) is 5.69 Å². The van der Waals surface area contributed by atoms with E-state index in [1.54, 1.807) is 12.1 Å². The molecule has 0 heterocycles. The Morgan fingerprint density at radius 1 is 1.10 bits per heavy atom. The number of nitro groups is 1. The van der Waals surface area contributed by atoms with Gasteiger partial charge in [0.05, 0.1) is 16.5 Å². The predicted octanol–water partition coefficient (Wildman–Crippen LogP) is 2.93. The topological polar surface area (TPSA) is 83.3 Å². The van der Waals surface area contributed by atoms with Gasteiger partial charge in [-0.2, -0.15) is 0 Å². The van der Waals surface area contributed by atoms with E-state index in [9.17, 15) is 20.0 Å². The summed E-state index contributed by atoms with van der Waals surface area (Å²) in [4.78, 5) is 21.0. The highest BCUT2D eigenvalue weighted by atomic mass is 35.5. The zero-order valence-corrected chi connectivity index (χ0v) is 11.3. The van der Waals surface area contributed by atoms with Gasteiger partial charge in [-0.25, -0.2) is 0 Å². The first kappa shape index (κ1) is 14.3. The number of rotatable bonds is 3. The summed E-state index contributed by atoms with van der Waals surface area (Å²) in [7, 11) is 0. The number of nitrogens with zero attached hydrogens (tertiary/aromatic N) is 1. The number of hydrogen-bond acceptors (Lipinski definition) is 4. The van der Waals surface area contributed by atoms with Crippen molar-refractivity contribution in [1.29, 1.82) is 0 Å². The van der Waals surface area contributed by atoms with E-state index >= 15 is 0 Å². The van der Waals surface area contributed by atoms with Crippen molar-refractivity contribution in [3.05, 3.63) is 62.1 Å². The van der Waals surface area contributed by atoms with E-state index in [0.717, 1.165) is 12.1 Å². The Morgan fingerprint density at radius 3 is 2.35 bits per heavy atom. The molecule has 0 saturated carbocycles. The number of aromatic carboxylic acids is 1. The molecule has 0 aliphatic rings. The summed E-state index contributed by atoms with van der Waals surface area (Å²) in [6, 6.07) is 8.36. The van der Waals surface area contributed by atoms with Gasteiger partial charge in [-0.3, -0.25) is 10.1 Å². The predicted molar refractivity (Wildman–Crippen MR) is 72.9 cm³/mol. The van der Waals surface area contributed by atoms with E-state index in [4.69, 9.17) is 23.2 Å². The minimum Gasteiger partial charge on any atom is -0.545 e. The molecule has 0 radical (unpaired) electrons. The second-order valence-electron chi connectivity index (χ2n) is 3.90. The fourth-order valence-corrected chi connectivity index (χ4v) is 2.27. The number of carboxylic acids is 1. The van der Waals surface area contributed by atoms with Crippen LogP contribution in [-0.4, -0.2) is 10.9 Å². The number of hydrogen-bond donors (Lipinski definition) is 0. The summed E-state index contributed by atoms with van der Waals surface area (Å²) in [5.41, 5.74) is -0.0812. The van der Waals surface area contributed by atoms with Crippen molar-refractivity contribution in [3.63, 3.8) is 0 Å². The lowest BCUT2D eigenvalue weighted by Crippen LogP contribution is -2.23. The molecule has 0 fully saturated rings. The van der Waals surface area contributed by atoms with Gasteiger partial charge < -0.3 is 9.90 Å². The zero-order valence-electron chi connectivity index (χ0n) is 9.80. The Kier molecular flexibility index (Phi) is 3.92. The molecule has 0 N–H and O–H groups in total. The van der Waals surface area contributed by atoms with Crippen LogP contribution in [0.15, 0.2) is 36.4 Å². The Hall–Kier alpha value is -2.11. The molecule has 0 amide bonds. The molecule has 2 rings (SSSR count). The van der Waals surface area contributed by atoms with E-state index in [0.29, 0.717) is 21.2 Å². The van der Waals surface area contributed by atoms with E-state index < -0.39 is 22.1 Å².